The van der Waals surface area contributed by atoms with Crippen LogP contribution in [-0.2, 0) is 16.0 Å². The molecule has 2 aromatic carbocycles. The smallest absolute Gasteiger partial charge is 0.479 e. The molecule has 5 N–H and O–H groups in total. The van der Waals surface area contributed by atoms with Gasteiger partial charge in [0.15, 0.2) is 6.04 Å². The molecule has 0 fully saturated rings. The summed E-state index contributed by atoms with van der Waals surface area (Å²) in [6.07, 6.45) is -6.59. The van der Waals surface area contributed by atoms with E-state index in [-0.39, 0.29) is 16.5 Å². The summed E-state index contributed by atoms with van der Waals surface area (Å²) in [5, 5.41) is 21.7. The van der Waals surface area contributed by atoms with E-state index in [1.54, 1.807) is 30.3 Å². The Labute approximate surface area is 177 Å². The number of halogens is 4. The van der Waals surface area contributed by atoms with Crippen molar-refractivity contribution < 1.29 is 37.7 Å². The standard InChI is InChI=1S/C19H18BrF3N2O5/c20-12-7-6-11(9-14(12)30-19(21,22)23)15(18(28)29)25-17(27)16(26)13(24)8-10-4-2-1-3-5-10/h1-7,9,13,15-16,26H,8,24H2,(H,25,27)(H,28,29)/t13-,15+,16+/m1/s1. The van der Waals surface area contributed by atoms with Crippen LogP contribution in [0.15, 0.2) is 53.0 Å². The largest absolute Gasteiger partial charge is 0.573 e. The van der Waals surface area contributed by atoms with Crippen molar-refractivity contribution in [2.24, 2.45) is 5.73 Å². The highest BCUT2D eigenvalue weighted by Gasteiger charge is 2.33. The number of ether oxygens (including phenoxy) is 1. The SMILES string of the molecule is N[C@H](Cc1ccccc1)[C@H](O)C(=O)N[C@H](C(=O)O)c1ccc(Br)c(OC(F)(F)F)c1. The minimum Gasteiger partial charge on any atom is -0.479 e. The number of carboxylic acids is 1. The Morgan fingerprint density at radius 2 is 1.80 bits per heavy atom. The molecule has 0 saturated carbocycles. The Bertz CT molecular complexity index is 895. The Morgan fingerprint density at radius 3 is 2.37 bits per heavy atom. The van der Waals surface area contributed by atoms with Crippen molar-refractivity contribution in [2.75, 3.05) is 0 Å². The number of aliphatic hydroxyl groups excluding tert-OH is 1. The molecule has 2 rings (SSSR count). The second kappa shape index (κ2) is 9.92. The Morgan fingerprint density at radius 1 is 1.17 bits per heavy atom. The number of hydrogen-bond donors (Lipinski definition) is 4. The number of rotatable bonds is 8. The topological polar surface area (TPSA) is 122 Å². The van der Waals surface area contributed by atoms with Crippen molar-refractivity contribution in [3.05, 3.63) is 64.1 Å². The summed E-state index contributed by atoms with van der Waals surface area (Å²) >= 11 is 2.88. The number of amides is 1. The summed E-state index contributed by atoms with van der Waals surface area (Å²) in [4.78, 5) is 23.9. The normalized spacial score (nSPS) is 14.5. The van der Waals surface area contributed by atoms with Crippen molar-refractivity contribution >= 4 is 27.8 Å². The number of nitrogens with one attached hydrogen (secondary N) is 1. The van der Waals surface area contributed by atoms with Crippen LogP contribution in [0.1, 0.15) is 17.2 Å². The van der Waals surface area contributed by atoms with Crippen LogP contribution in [-0.4, -0.2) is 40.6 Å². The van der Waals surface area contributed by atoms with E-state index in [4.69, 9.17) is 5.73 Å². The van der Waals surface area contributed by atoms with Crippen LogP contribution in [0.3, 0.4) is 0 Å². The molecule has 0 radical (unpaired) electrons. The molecule has 0 aromatic heterocycles. The molecule has 11 heteroatoms. The number of carbonyl (C=O) groups is 2. The summed E-state index contributed by atoms with van der Waals surface area (Å²) < 4.78 is 41.3. The molecule has 2 aromatic rings. The first kappa shape index (κ1) is 23.6. The molecular formula is C19H18BrF3N2O5. The summed E-state index contributed by atoms with van der Waals surface area (Å²) in [6.45, 7) is 0. The molecule has 0 aliphatic rings. The molecule has 7 nitrogen and oxygen atoms in total. The number of aliphatic hydroxyl groups is 1. The van der Waals surface area contributed by atoms with Crippen molar-refractivity contribution in [3.8, 4) is 5.75 Å². The van der Waals surface area contributed by atoms with Crippen LogP contribution < -0.4 is 15.8 Å². The van der Waals surface area contributed by atoms with E-state index >= 15 is 0 Å². The third kappa shape index (κ3) is 6.71. The van der Waals surface area contributed by atoms with Gasteiger partial charge in [0, 0.05) is 6.04 Å². The van der Waals surface area contributed by atoms with E-state index in [9.17, 15) is 33.0 Å². The van der Waals surface area contributed by atoms with Crippen molar-refractivity contribution in [1.29, 1.82) is 0 Å². The third-order valence-electron chi connectivity index (χ3n) is 4.04. The van der Waals surface area contributed by atoms with Crippen molar-refractivity contribution in [2.45, 2.75) is 31.0 Å². The lowest BCUT2D eigenvalue weighted by molar-refractivity contribution is -0.274. The maximum Gasteiger partial charge on any atom is 0.573 e. The number of benzene rings is 2. The first-order valence-corrected chi connectivity index (χ1v) is 9.33. The number of carboxylic acid groups (broad SMARTS) is 1. The molecule has 30 heavy (non-hydrogen) atoms. The average molecular weight is 491 g/mol. The molecule has 162 valence electrons. The molecule has 0 aliphatic heterocycles. The van der Waals surface area contributed by atoms with Gasteiger partial charge in [-0.1, -0.05) is 36.4 Å². The number of nitrogens with two attached hydrogens (primary N) is 1. The maximum absolute atomic E-state index is 12.5. The molecule has 0 aliphatic carbocycles. The van der Waals surface area contributed by atoms with Crippen LogP contribution in [0.4, 0.5) is 13.2 Å². The quantitative estimate of drug-likeness (QED) is 0.451. The van der Waals surface area contributed by atoms with Gasteiger partial charge in [0.05, 0.1) is 4.47 Å². The fourth-order valence-corrected chi connectivity index (χ4v) is 2.94. The van der Waals surface area contributed by atoms with Gasteiger partial charge in [-0.25, -0.2) is 4.79 Å². The lowest BCUT2D eigenvalue weighted by Crippen LogP contribution is -2.49. The summed E-state index contributed by atoms with van der Waals surface area (Å²) in [5.74, 6) is -3.30. The molecule has 1 amide bonds. The van der Waals surface area contributed by atoms with E-state index in [1.165, 1.54) is 6.07 Å². The van der Waals surface area contributed by atoms with E-state index in [0.29, 0.717) is 0 Å². The number of carbonyl (C=O) groups excluding carboxylic acids is 1. The van der Waals surface area contributed by atoms with Crippen LogP contribution >= 0.6 is 15.9 Å². The van der Waals surface area contributed by atoms with Gasteiger partial charge >= 0.3 is 12.3 Å². The maximum atomic E-state index is 12.5. The van der Waals surface area contributed by atoms with Gasteiger partial charge in [0.25, 0.3) is 5.91 Å². The monoisotopic (exact) mass is 490 g/mol. The van der Waals surface area contributed by atoms with Gasteiger partial charge in [-0.2, -0.15) is 0 Å². The Kier molecular flexibility index (Phi) is 7.82. The van der Waals surface area contributed by atoms with Gasteiger partial charge in [0.1, 0.15) is 11.9 Å². The number of aliphatic carboxylic acids is 1. The van der Waals surface area contributed by atoms with Gasteiger partial charge < -0.3 is 26.0 Å². The molecule has 0 bridgehead atoms. The van der Waals surface area contributed by atoms with Crippen molar-refractivity contribution in [3.63, 3.8) is 0 Å². The highest BCUT2D eigenvalue weighted by atomic mass is 79.9. The van der Waals surface area contributed by atoms with E-state index in [2.05, 4.69) is 26.0 Å². The minimum atomic E-state index is -5.00. The van der Waals surface area contributed by atoms with E-state index < -0.39 is 42.2 Å². The van der Waals surface area contributed by atoms with Crippen molar-refractivity contribution in [1.82, 2.24) is 5.32 Å². The van der Waals surface area contributed by atoms with Crippen LogP contribution in [0, 0.1) is 0 Å². The molecule has 0 heterocycles. The highest BCUT2D eigenvalue weighted by Crippen LogP contribution is 2.33. The fraction of sp³-hybridized carbons (Fsp3) is 0.263. The Hall–Kier alpha value is -2.63. The fourth-order valence-electron chi connectivity index (χ4n) is 2.61. The summed E-state index contributed by atoms with van der Waals surface area (Å²) in [6, 6.07) is 9.18. The predicted molar refractivity (Wildman–Crippen MR) is 103 cm³/mol. The highest BCUT2D eigenvalue weighted by molar-refractivity contribution is 9.10. The van der Waals surface area contributed by atoms with Gasteiger partial charge in [-0.15, -0.1) is 13.2 Å². The van der Waals surface area contributed by atoms with Gasteiger partial charge in [-0.3, -0.25) is 4.79 Å². The third-order valence-corrected chi connectivity index (χ3v) is 4.69. The van der Waals surface area contributed by atoms with E-state index in [0.717, 1.165) is 17.7 Å². The molecular weight excluding hydrogens is 473 g/mol. The second-order valence-corrected chi connectivity index (χ2v) is 7.17. The summed E-state index contributed by atoms with van der Waals surface area (Å²) in [7, 11) is 0. The van der Waals surface area contributed by atoms with Crippen LogP contribution in [0.5, 0.6) is 5.75 Å². The average Bonchev–Trinajstić information content (AvgIpc) is 2.66. The van der Waals surface area contributed by atoms with Gasteiger partial charge in [-0.05, 0) is 45.6 Å². The van der Waals surface area contributed by atoms with Gasteiger partial charge in [0.2, 0.25) is 0 Å². The zero-order valence-corrected chi connectivity index (χ0v) is 16.9. The zero-order chi connectivity index (χ0) is 22.5. The lowest BCUT2D eigenvalue weighted by atomic mass is 10.0. The molecule has 0 spiro atoms. The molecule has 3 atom stereocenters. The molecule has 0 unspecified atom stereocenters. The predicted octanol–water partition coefficient (Wildman–Crippen LogP) is 2.52. The first-order valence-electron chi connectivity index (χ1n) is 8.54. The first-order chi connectivity index (χ1) is 14.0. The van der Waals surface area contributed by atoms with Crippen LogP contribution in [0.25, 0.3) is 0 Å². The zero-order valence-electron chi connectivity index (χ0n) is 15.3. The number of hydrogen-bond acceptors (Lipinski definition) is 5. The number of alkyl halides is 3. The Balaban J connectivity index is 2.16. The van der Waals surface area contributed by atoms with Crippen LogP contribution in [0.2, 0.25) is 0 Å². The second-order valence-electron chi connectivity index (χ2n) is 6.32. The summed E-state index contributed by atoms with van der Waals surface area (Å²) in [5.41, 5.74) is 6.41. The van der Waals surface area contributed by atoms with E-state index in [1.807, 2.05) is 0 Å². The molecule has 0 saturated heterocycles. The minimum absolute atomic E-state index is 0.0658. The lowest BCUT2D eigenvalue weighted by Gasteiger charge is -2.22.